The molecule has 1 unspecified atom stereocenters. The Balaban J connectivity index is 1.96. The zero-order chi connectivity index (χ0) is 15.3. The highest BCUT2D eigenvalue weighted by molar-refractivity contribution is 5.43. The SMILES string of the molecule is COc1ccc(C(F)(F)F)cc1OCCC1CCCCN1. The van der Waals surface area contributed by atoms with Gasteiger partial charge in [0.05, 0.1) is 19.3 Å². The number of benzene rings is 1. The van der Waals surface area contributed by atoms with Crippen molar-refractivity contribution in [3.63, 3.8) is 0 Å². The van der Waals surface area contributed by atoms with E-state index in [1.54, 1.807) is 0 Å². The summed E-state index contributed by atoms with van der Waals surface area (Å²) in [5, 5.41) is 3.38. The molecule has 1 N–H and O–H groups in total. The molecule has 0 aliphatic carbocycles. The lowest BCUT2D eigenvalue weighted by molar-refractivity contribution is -0.137. The van der Waals surface area contributed by atoms with Crippen LogP contribution in [0, 0.1) is 0 Å². The first-order chi connectivity index (χ1) is 10.0. The van der Waals surface area contributed by atoms with Crippen LogP contribution in [0.2, 0.25) is 0 Å². The quantitative estimate of drug-likeness (QED) is 0.901. The monoisotopic (exact) mass is 303 g/mol. The lowest BCUT2D eigenvalue weighted by Gasteiger charge is -2.23. The Kier molecular flexibility index (Phi) is 5.33. The van der Waals surface area contributed by atoms with Gasteiger partial charge in [-0.05, 0) is 44.0 Å². The second-order valence-corrected chi connectivity index (χ2v) is 5.15. The first-order valence-corrected chi connectivity index (χ1v) is 7.12. The van der Waals surface area contributed by atoms with Gasteiger partial charge in [-0.1, -0.05) is 6.42 Å². The van der Waals surface area contributed by atoms with Crippen LogP contribution in [0.15, 0.2) is 18.2 Å². The van der Waals surface area contributed by atoms with Gasteiger partial charge in [-0.15, -0.1) is 0 Å². The van der Waals surface area contributed by atoms with Gasteiger partial charge in [0.1, 0.15) is 0 Å². The largest absolute Gasteiger partial charge is 0.493 e. The maximum absolute atomic E-state index is 12.7. The summed E-state index contributed by atoms with van der Waals surface area (Å²) in [7, 11) is 1.41. The van der Waals surface area contributed by atoms with E-state index in [4.69, 9.17) is 9.47 Å². The van der Waals surface area contributed by atoms with Crippen molar-refractivity contribution in [2.75, 3.05) is 20.3 Å². The predicted molar refractivity (Wildman–Crippen MR) is 73.7 cm³/mol. The molecule has 118 valence electrons. The maximum Gasteiger partial charge on any atom is 0.416 e. The van der Waals surface area contributed by atoms with Crippen molar-refractivity contribution in [2.24, 2.45) is 0 Å². The van der Waals surface area contributed by atoms with Crippen LogP contribution >= 0.6 is 0 Å². The molecule has 0 spiro atoms. The summed E-state index contributed by atoms with van der Waals surface area (Å²) in [6.07, 6.45) is -0.152. The van der Waals surface area contributed by atoms with Crippen LogP contribution in [0.5, 0.6) is 11.5 Å². The van der Waals surface area contributed by atoms with Crippen molar-refractivity contribution in [1.29, 1.82) is 0 Å². The average Bonchev–Trinajstić information content (AvgIpc) is 2.47. The molecule has 1 aliphatic heterocycles. The van der Waals surface area contributed by atoms with Gasteiger partial charge in [-0.25, -0.2) is 0 Å². The van der Waals surface area contributed by atoms with Crippen molar-refractivity contribution in [1.82, 2.24) is 5.32 Å². The third-order valence-corrected chi connectivity index (χ3v) is 3.63. The van der Waals surface area contributed by atoms with E-state index in [1.165, 1.54) is 26.0 Å². The Bertz CT molecular complexity index is 457. The Morgan fingerprint density at radius 3 is 2.67 bits per heavy atom. The third kappa shape index (κ3) is 4.52. The number of alkyl halides is 3. The molecule has 0 aromatic heterocycles. The van der Waals surface area contributed by atoms with E-state index in [-0.39, 0.29) is 5.75 Å². The van der Waals surface area contributed by atoms with Gasteiger partial charge in [0.15, 0.2) is 11.5 Å². The summed E-state index contributed by atoms with van der Waals surface area (Å²) in [4.78, 5) is 0. The van der Waals surface area contributed by atoms with Crippen LogP contribution in [-0.2, 0) is 6.18 Å². The standard InChI is InChI=1S/C15H20F3NO2/c1-20-13-6-5-11(15(16,17)18)10-14(13)21-9-7-12-4-2-3-8-19-12/h5-6,10,12,19H,2-4,7-9H2,1H3. The Labute approximate surface area is 122 Å². The molecule has 1 aromatic rings. The number of halogens is 3. The van der Waals surface area contributed by atoms with Crippen molar-refractivity contribution in [3.8, 4) is 11.5 Å². The van der Waals surface area contributed by atoms with E-state index in [9.17, 15) is 13.2 Å². The van der Waals surface area contributed by atoms with Gasteiger partial charge in [0, 0.05) is 6.04 Å². The Morgan fingerprint density at radius 1 is 1.24 bits per heavy atom. The second kappa shape index (κ2) is 7.02. The van der Waals surface area contributed by atoms with E-state index in [2.05, 4.69) is 5.32 Å². The lowest BCUT2D eigenvalue weighted by Crippen LogP contribution is -2.35. The fourth-order valence-electron chi connectivity index (χ4n) is 2.45. The van der Waals surface area contributed by atoms with Crippen LogP contribution < -0.4 is 14.8 Å². The summed E-state index contributed by atoms with van der Waals surface area (Å²) in [6.45, 7) is 1.37. The lowest BCUT2D eigenvalue weighted by atomic mass is 10.0. The molecule has 2 rings (SSSR count). The van der Waals surface area contributed by atoms with Gasteiger partial charge in [0.2, 0.25) is 0 Å². The number of rotatable bonds is 5. The molecule has 1 heterocycles. The summed E-state index contributed by atoms with van der Waals surface area (Å²) >= 11 is 0. The molecule has 21 heavy (non-hydrogen) atoms. The van der Waals surface area contributed by atoms with Crippen LogP contribution in [0.4, 0.5) is 13.2 Å². The zero-order valence-electron chi connectivity index (χ0n) is 12.0. The molecule has 6 heteroatoms. The Morgan fingerprint density at radius 2 is 2.05 bits per heavy atom. The first kappa shape index (κ1) is 15.9. The van der Waals surface area contributed by atoms with Crippen molar-refractivity contribution >= 4 is 0 Å². The van der Waals surface area contributed by atoms with E-state index in [0.29, 0.717) is 18.4 Å². The highest BCUT2D eigenvalue weighted by Gasteiger charge is 2.31. The summed E-state index contributed by atoms with van der Waals surface area (Å²) in [5.41, 5.74) is -0.728. The molecule has 0 saturated carbocycles. The van der Waals surface area contributed by atoms with Crippen molar-refractivity contribution in [3.05, 3.63) is 23.8 Å². The van der Waals surface area contributed by atoms with Gasteiger partial charge < -0.3 is 14.8 Å². The molecular weight excluding hydrogens is 283 g/mol. The normalized spacial score (nSPS) is 19.3. The fourth-order valence-corrected chi connectivity index (χ4v) is 2.45. The van der Waals surface area contributed by atoms with E-state index in [0.717, 1.165) is 31.5 Å². The highest BCUT2D eigenvalue weighted by Crippen LogP contribution is 2.36. The van der Waals surface area contributed by atoms with Gasteiger partial charge in [-0.3, -0.25) is 0 Å². The summed E-state index contributed by atoms with van der Waals surface area (Å²) in [6, 6.07) is 3.66. The van der Waals surface area contributed by atoms with Crippen LogP contribution in [0.3, 0.4) is 0 Å². The van der Waals surface area contributed by atoms with Crippen molar-refractivity contribution in [2.45, 2.75) is 37.9 Å². The molecule has 0 bridgehead atoms. The molecule has 3 nitrogen and oxygen atoms in total. The van der Waals surface area contributed by atoms with Crippen LogP contribution in [-0.4, -0.2) is 26.3 Å². The number of hydrogen-bond donors (Lipinski definition) is 1. The minimum absolute atomic E-state index is 0.142. The van der Waals surface area contributed by atoms with Crippen molar-refractivity contribution < 1.29 is 22.6 Å². The smallest absolute Gasteiger partial charge is 0.416 e. The van der Waals surface area contributed by atoms with E-state index >= 15 is 0 Å². The highest BCUT2D eigenvalue weighted by atomic mass is 19.4. The number of ether oxygens (including phenoxy) is 2. The number of hydrogen-bond acceptors (Lipinski definition) is 3. The van der Waals surface area contributed by atoms with Gasteiger partial charge in [-0.2, -0.15) is 13.2 Å². The first-order valence-electron chi connectivity index (χ1n) is 7.12. The number of piperidine rings is 1. The topological polar surface area (TPSA) is 30.5 Å². The van der Waals surface area contributed by atoms with Gasteiger partial charge in [0.25, 0.3) is 0 Å². The van der Waals surface area contributed by atoms with E-state index < -0.39 is 11.7 Å². The van der Waals surface area contributed by atoms with Gasteiger partial charge >= 0.3 is 6.18 Å². The summed E-state index contributed by atoms with van der Waals surface area (Å²) < 4.78 is 48.7. The zero-order valence-corrected chi connectivity index (χ0v) is 12.0. The fraction of sp³-hybridized carbons (Fsp3) is 0.600. The molecule has 0 radical (unpaired) electrons. The van der Waals surface area contributed by atoms with E-state index in [1.807, 2.05) is 0 Å². The molecule has 1 aliphatic rings. The molecule has 1 fully saturated rings. The molecule has 1 atom stereocenters. The third-order valence-electron chi connectivity index (χ3n) is 3.63. The maximum atomic E-state index is 12.7. The summed E-state index contributed by atoms with van der Waals surface area (Å²) in [5.74, 6) is 0.461. The second-order valence-electron chi connectivity index (χ2n) is 5.15. The molecular formula is C15H20F3NO2. The molecule has 1 saturated heterocycles. The average molecular weight is 303 g/mol. The number of methoxy groups -OCH3 is 1. The molecule has 1 aromatic carbocycles. The van der Waals surface area contributed by atoms with Crippen LogP contribution in [0.1, 0.15) is 31.2 Å². The number of nitrogens with one attached hydrogen (secondary N) is 1. The van der Waals surface area contributed by atoms with Crippen LogP contribution in [0.25, 0.3) is 0 Å². The predicted octanol–water partition coefficient (Wildman–Crippen LogP) is 3.63. The molecule has 0 amide bonds. The minimum atomic E-state index is -4.38. The Hall–Kier alpha value is -1.43. The minimum Gasteiger partial charge on any atom is -0.493 e.